The van der Waals surface area contributed by atoms with Gasteiger partial charge >= 0.3 is 12.2 Å². The van der Waals surface area contributed by atoms with Gasteiger partial charge in [-0.15, -0.1) is 0 Å². The lowest BCUT2D eigenvalue weighted by molar-refractivity contribution is -0.184. The van der Waals surface area contributed by atoms with E-state index in [1.807, 2.05) is 6.92 Å². The fourth-order valence-electron chi connectivity index (χ4n) is 2.53. The summed E-state index contributed by atoms with van der Waals surface area (Å²) in [6.45, 7) is 2.86. The Morgan fingerprint density at radius 3 is 2.88 bits per heavy atom. The number of hydrogen-bond acceptors (Lipinski definition) is 3. The van der Waals surface area contributed by atoms with Crippen molar-refractivity contribution in [2.24, 2.45) is 5.92 Å². The number of likely N-dealkylation sites (tertiary alicyclic amines) is 1. The van der Waals surface area contributed by atoms with Gasteiger partial charge in [0, 0.05) is 31.9 Å². The molecule has 0 aromatic carbocycles. The van der Waals surface area contributed by atoms with E-state index in [4.69, 9.17) is 4.74 Å². The van der Waals surface area contributed by atoms with Gasteiger partial charge in [0.05, 0.1) is 12.5 Å². The fraction of sp³-hybridized carbons (Fsp3) is 0.625. The monoisotopic (exact) mass is 345 g/mol. The maximum absolute atomic E-state index is 12.8. The molecule has 0 spiro atoms. The number of pyridine rings is 1. The molecule has 1 aromatic rings. The van der Waals surface area contributed by atoms with E-state index in [0.717, 1.165) is 12.0 Å². The number of alkyl halides is 3. The Balaban J connectivity index is 1.82. The zero-order valence-electron chi connectivity index (χ0n) is 13.6. The summed E-state index contributed by atoms with van der Waals surface area (Å²) in [6, 6.07) is 3.00. The van der Waals surface area contributed by atoms with Crippen molar-refractivity contribution >= 4 is 6.03 Å². The largest absolute Gasteiger partial charge is 0.478 e. The summed E-state index contributed by atoms with van der Waals surface area (Å²) in [4.78, 5) is 17.4. The van der Waals surface area contributed by atoms with Gasteiger partial charge in [0.15, 0.2) is 0 Å². The van der Waals surface area contributed by atoms with E-state index < -0.39 is 18.1 Å². The van der Waals surface area contributed by atoms with Crippen LogP contribution in [0.3, 0.4) is 0 Å². The van der Waals surface area contributed by atoms with E-state index in [1.54, 1.807) is 18.3 Å². The molecule has 24 heavy (non-hydrogen) atoms. The Hall–Kier alpha value is -1.99. The number of ether oxygens (including phenoxy) is 1. The number of halogens is 3. The van der Waals surface area contributed by atoms with Gasteiger partial charge in [-0.3, -0.25) is 0 Å². The van der Waals surface area contributed by atoms with Crippen LogP contribution in [-0.2, 0) is 6.54 Å². The van der Waals surface area contributed by atoms with Gasteiger partial charge in [0.1, 0.15) is 0 Å². The number of nitrogens with one attached hydrogen (secondary N) is 1. The minimum absolute atomic E-state index is 0.0798. The summed E-state index contributed by atoms with van der Waals surface area (Å²) < 4.78 is 43.7. The molecular formula is C16H22F3N3O2. The second-order valence-electron chi connectivity index (χ2n) is 5.84. The van der Waals surface area contributed by atoms with E-state index >= 15 is 0 Å². The van der Waals surface area contributed by atoms with Crippen molar-refractivity contribution < 1.29 is 22.7 Å². The molecule has 0 unspecified atom stereocenters. The Morgan fingerprint density at radius 2 is 2.25 bits per heavy atom. The molecule has 8 heteroatoms. The van der Waals surface area contributed by atoms with Crippen molar-refractivity contribution in [3.63, 3.8) is 0 Å². The zero-order chi connectivity index (χ0) is 17.6. The molecule has 5 nitrogen and oxygen atoms in total. The van der Waals surface area contributed by atoms with Gasteiger partial charge in [0.2, 0.25) is 5.88 Å². The third kappa shape index (κ3) is 5.28. The molecule has 2 rings (SSSR count). The van der Waals surface area contributed by atoms with Gasteiger partial charge in [0.25, 0.3) is 0 Å². The molecule has 0 aliphatic carbocycles. The normalized spacial score (nSPS) is 18.3. The number of carbonyl (C=O) groups is 1. The molecule has 1 N–H and O–H groups in total. The van der Waals surface area contributed by atoms with E-state index in [-0.39, 0.29) is 19.5 Å². The van der Waals surface area contributed by atoms with Crippen molar-refractivity contribution in [2.45, 2.75) is 38.9 Å². The van der Waals surface area contributed by atoms with E-state index in [9.17, 15) is 18.0 Å². The summed E-state index contributed by atoms with van der Waals surface area (Å²) in [7, 11) is 0. The highest BCUT2D eigenvalue weighted by atomic mass is 19.4. The second kappa shape index (κ2) is 8.21. The van der Waals surface area contributed by atoms with Gasteiger partial charge in [-0.2, -0.15) is 13.2 Å². The summed E-state index contributed by atoms with van der Waals surface area (Å²) in [5.74, 6) is -0.926. The molecule has 1 aliphatic heterocycles. The lowest BCUT2D eigenvalue weighted by Crippen LogP contribution is -2.48. The number of aromatic nitrogens is 1. The first kappa shape index (κ1) is 18.4. The Labute approximate surface area is 139 Å². The Morgan fingerprint density at radius 1 is 1.46 bits per heavy atom. The number of piperidine rings is 1. The molecule has 1 fully saturated rings. The SMILES string of the molecule is CCCOc1ccc(CNC(=O)N2CCC[C@H](C(F)(F)F)C2)cn1. The molecule has 0 radical (unpaired) electrons. The van der Waals surface area contributed by atoms with Crippen molar-refractivity contribution in [3.05, 3.63) is 23.9 Å². The molecular weight excluding hydrogens is 323 g/mol. The van der Waals surface area contributed by atoms with E-state index in [2.05, 4.69) is 10.3 Å². The number of nitrogens with zero attached hydrogens (tertiary/aromatic N) is 2. The van der Waals surface area contributed by atoms with Crippen molar-refractivity contribution in [1.29, 1.82) is 0 Å². The lowest BCUT2D eigenvalue weighted by Gasteiger charge is -2.33. The Kier molecular flexibility index (Phi) is 6.28. The van der Waals surface area contributed by atoms with Crippen LogP contribution < -0.4 is 10.1 Å². The van der Waals surface area contributed by atoms with Crippen LogP contribution in [0.25, 0.3) is 0 Å². The highest BCUT2D eigenvalue weighted by molar-refractivity contribution is 5.74. The molecule has 134 valence electrons. The predicted octanol–water partition coefficient (Wildman–Crippen LogP) is 3.35. The topological polar surface area (TPSA) is 54.5 Å². The molecule has 1 aromatic heterocycles. The lowest BCUT2D eigenvalue weighted by atomic mass is 9.98. The van der Waals surface area contributed by atoms with Crippen LogP contribution in [0.4, 0.5) is 18.0 Å². The second-order valence-corrected chi connectivity index (χ2v) is 5.84. The van der Waals surface area contributed by atoms with Crippen molar-refractivity contribution in [1.82, 2.24) is 15.2 Å². The minimum Gasteiger partial charge on any atom is -0.478 e. The smallest absolute Gasteiger partial charge is 0.393 e. The number of carbonyl (C=O) groups excluding carboxylic acids is 1. The van der Waals surface area contributed by atoms with Crippen molar-refractivity contribution in [2.75, 3.05) is 19.7 Å². The first-order valence-electron chi connectivity index (χ1n) is 8.07. The molecule has 1 saturated heterocycles. The van der Waals surface area contributed by atoms with E-state index in [1.165, 1.54) is 4.90 Å². The quantitative estimate of drug-likeness (QED) is 0.890. The fourth-order valence-corrected chi connectivity index (χ4v) is 2.53. The number of hydrogen-bond donors (Lipinski definition) is 1. The van der Waals surface area contributed by atoms with Crippen LogP contribution in [-0.4, -0.2) is 41.8 Å². The highest BCUT2D eigenvalue weighted by Gasteiger charge is 2.42. The molecule has 2 heterocycles. The van der Waals surface area contributed by atoms with Crippen molar-refractivity contribution in [3.8, 4) is 5.88 Å². The third-order valence-corrected chi connectivity index (χ3v) is 3.87. The maximum atomic E-state index is 12.8. The molecule has 2 amide bonds. The van der Waals surface area contributed by atoms with Gasteiger partial charge in [-0.25, -0.2) is 9.78 Å². The average Bonchev–Trinajstić information content (AvgIpc) is 2.58. The number of urea groups is 1. The highest BCUT2D eigenvalue weighted by Crippen LogP contribution is 2.33. The molecule has 0 saturated carbocycles. The minimum atomic E-state index is -4.25. The first-order chi connectivity index (χ1) is 11.4. The Bertz CT molecular complexity index is 534. The summed E-state index contributed by atoms with van der Waals surface area (Å²) in [5, 5.41) is 2.64. The molecule has 1 aliphatic rings. The van der Waals surface area contributed by atoms with Crippen LogP contribution in [0, 0.1) is 5.92 Å². The van der Waals surface area contributed by atoms with Gasteiger partial charge < -0.3 is 15.0 Å². The maximum Gasteiger partial charge on any atom is 0.393 e. The third-order valence-electron chi connectivity index (χ3n) is 3.87. The first-order valence-corrected chi connectivity index (χ1v) is 8.07. The zero-order valence-corrected chi connectivity index (χ0v) is 13.6. The van der Waals surface area contributed by atoms with Gasteiger partial charge in [-0.1, -0.05) is 13.0 Å². The van der Waals surface area contributed by atoms with Crippen LogP contribution in [0.1, 0.15) is 31.7 Å². The van der Waals surface area contributed by atoms with Gasteiger partial charge in [-0.05, 0) is 24.8 Å². The number of amides is 2. The predicted molar refractivity (Wildman–Crippen MR) is 82.6 cm³/mol. The number of rotatable bonds is 5. The molecule has 0 bridgehead atoms. The van der Waals surface area contributed by atoms with E-state index in [0.29, 0.717) is 25.5 Å². The standard InChI is InChI=1S/C16H22F3N3O2/c1-2-8-24-14-6-5-12(9-20-14)10-21-15(23)22-7-3-4-13(11-22)16(17,18)19/h5-6,9,13H,2-4,7-8,10-11H2,1H3,(H,21,23)/t13-/m0/s1. The summed E-state index contributed by atoms with van der Waals surface area (Å²) in [5.41, 5.74) is 0.761. The average molecular weight is 345 g/mol. The summed E-state index contributed by atoms with van der Waals surface area (Å²) in [6.07, 6.45) is -1.34. The van der Waals surface area contributed by atoms with Crippen LogP contribution in [0.15, 0.2) is 18.3 Å². The molecule has 1 atom stereocenters. The van der Waals surface area contributed by atoms with Crippen LogP contribution in [0.2, 0.25) is 0 Å². The van der Waals surface area contributed by atoms with Crippen LogP contribution in [0.5, 0.6) is 5.88 Å². The summed E-state index contributed by atoms with van der Waals surface area (Å²) >= 11 is 0. The van der Waals surface area contributed by atoms with Crippen LogP contribution >= 0.6 is 0 Å².